The highest BCUT2D eigenvalue weighted by atomic mass is 19.1. The summed E-state index contributed by atoms with van der Waals surface area (Å²) in [6, 6.07) is 19.5. The Morgan fingerprint density at radius 2 is 1.14 bits per heavy atom. The molecule has 0 spiro atoms. The molecule has 0 aromatic heterocycles. The van der Waals surface area contributed by atoms with E-state index in [9.17, 15) is 9.18 Å². The van der Waals surface area contributed by atoms with Gasteiger partial charge in [0.25, 0.3) is 0 Å². The zero-order valence-electron chi connectivity index (χ0n) is 27.6. The molecule has 0 aliphatic rings. The fourth-order valence-corrected chi connectivity index (χ4v) is 6.09. The fraction of sp³-hybridized carbons (Fsp3) is 0.500. The van der Waals surface area contributed by atoms with Gasteiger partial charge in [-0.05, 0) is 98.5 Å². The van der Waals surface area contributed by atoms with E-state index in [1.165, 1.54) is 17.4 Å². The Labute approximate surface area is 260 Å². The highest BCUT2D eigenvalue weighted by molar-refractivity contribution is 5.84. The average Bonchev–Trinajstić information content (AvgIpc) is 2.98. The minimum atomic E-state index is -0.644. The third-order valence-corrected chi connectivity index (χ3v) is 8.13. The lowest BCUT2D eigenvalue weighted by molar-refractivity contribution is -0.150. The van der Waals surface area contributed by atoms with Crippen LogP contribution in [0.3, 0.4) is 0 Å². The summed E-state index contributed by atoms with van der Waals surface area (Å²) in [6.07, 6.45) is 4.98. The Hall–Kier alpha value is -3.34. The predicted molar refractivity (Wildman–Crippen MR) is 180 cm³/mol. The first kappa shape index (κ1) is 34.2. The van der Waals surface area contributed by atoms with Crippen molar-refractivity contribution < 1.29 is 13.9 Å². The van der Waals surface area contributed by atoms with E-state index in [1.807, 2.05) is 6.92 Å². The van der Waals surface area contributed by atoms with Crippen molar-refractivity contribution in [1.29, 1.82) is 0 Å². The van der Waals surface area contributed by atoms with Crippen LogP contribution in [0.5, 0.6) is 0 Å². The molecule has 0 bridgehead atoms. The number of rotatable bonds is 17. The lowest BCUT2D eigenvalue weighted by atomic mass is 9.85. The highest BCUT2D eigenvalue weighted by Crippen LogP contribution is 2.37. The van der Waals surface area contributed by atoms with Crippen molar-refractivity contribution in [2.24, 2.45) is 0 Å². The zero-order valence-corrected chi connectivity index (χ0v) is 27.6. The van der Waals surface area contributed by atoms with Gasteiger partial charge in [0.05, 0.1) is 0 Å². The van der Waals surface area contributed by atoms with Gasteiger partial charge >= 0.3 is 5.97 Å². The third kappa shape index (κ3) is 8.84. The van der Waals surface area contributed by atoms with Gasteiger partial charge in [-0.15, -0.1) is 0 Å². The third-order valence-electron chi connectivity index (χ3n) is 8.13. The van der Waals surface area contributed by atoms with Gasteiger partial charge in [-0.25, -0.2) is 4.39 Å². The molecule has 3 aromatic rings. The van der Waals surface area contributed by atoms with Gasteiger partial charge < -0.3 is 14.5 Å². The van der Waals surface area contributed by atoms with Gasteiger partial charge in [0.15, 0.2) is 0 Å². The van der Waals surface area contributed by atoms with Crippen molar-refractivity contribution in [1.82, 2.24) is 0 Å². The van der Waals surface area contributed by atoms with E-state index in [0.717, 1.165) is 80.5 Å². The second kappa shape index (κ2) is 17.1. The largest absolute Gasteiger partial charge is 0.457 e. The SMILES string of the molecule is CCCC(OC(=O)C(c1ccc(N(CCC)CCC)cc1C)c1ccc(N(CCC)CCC)cc1C)c1ccccc1F. The normalized spacial score (nSPS) is 11.9. The van der Waals surface area contributed by atoms with Gasteiger partial charge in [0.1, 0.15) is 17.8 Å². The standard InChI is InChI=1S/C38H53FN2O2/c1-8-15-36(34-16-13-14-17-35(34)39)43-38(42)37(32-20-18-30(26-28(32)6)40(22-9-2)23-10-3)33-21-19-31(27-29(33)7)41(24-11-4)25-12-5/h13-14,16-21,26-27,36-37H,8-12,15,22-25H2,1-7H3. The van der Waals surface area contributed by atoms with Crippen molar-refractivity contribution in [3.05, 3.63) is 94.3 Å². The Bertz CT molecular complexity index is 1230. The zero-order chi connectivity index (χ0) is 31.4. The summed E-state index contributed by atoms with van der Waals surface area (Å²) in [7, 11) is 0. The van der Waals surface area contributed by atoms with Gasteiger partial charge in [-0.1, -0.05) is 71.4 Å². The van der Waals surface area contributed by atoms with Crippen molar-refractivity contribution in [3.8, 4) is 0 Å². The van der Waals surface area contributed by atoms with Gasteiger partial charge in [-0.3, -0.25) is 4.79 Å². The van der Waals surface area contributed by atoms with Crippen molar-refractivity contribution >= 4 is 17.3 Å². The molecule has 0 amide bonds. The van der Waals surface area contributed by atoms with Crippen LogP contribution >= 0.6 is 0 Å². The quantitative estimate of drug-likeness (QED) is 0.147. The lowest BCUT2D eigenvalue weighted by Crippen LogP contribution is -2.26. The van der Waals surface area contributed by atoms with E-state index in [-0.39, 0.29) is 11.8 Å². The number of nitrogens with zero attached hydrogens (tertiary/aromatic N) is 2. The summed E-state index contributed by atoms with van der Waals surface area (Å²) in [5, 5.41) is 0. The molecule has 3 rings (SSSR count). The predicted octanol–water partition coefficient (Wildman–Crippen LogP) is 9.91. The van der Waals surface area contributed by atoms with Gasteiger partial charge in [-0.2, -0.15) is 0 Å². The van der Waals surface area contributed by atoms with E-state index in [1.54, 1.807) is 18.2 Å². The van der Waals surface area contributed by atoms with Crippen LogP contribution in [0.1, 0.15) is 113 Å². The maximum Gasteiger partial charge on any atom is 0.318 e. The van der Waals surface area contributed by atoms with Crippen molar-refractivity contribution in [2.75, 3.05) is 36.0 Å². The molecule has 43 heavy (non-hydrogen) atoms. The van der Waals surface area contributed by atoms with E-state index < -0.39 is 12.0 Å². The first-order valence-corrected chi connectivity index (χ1v) is 16.4. The van der Waals surface area contributed by atoms with Crippen LogP contribution in [0.15, 0.2) is 60.7 Å². The molecular weight excluding hydrogens is 535 g/mol. The maximum atomic E-state index is 14.9. The van der Waals surface area contributed by atoms with Crippen molar-refractivity contribution in [2.45, 2.75) is 99.0 Å². The number of anilines is 2. The average molecular weight is 589 g/mol. The first-order chi connectivity index (χ1) is 20.8. The molecule has 0 radical (unpaired) electrons. The van der Waals surface area contributed by atoms with Crippen LogP contribution in [0.4, 0.5) is 15.8 Å². The molecular formula is C38H53FN2O2. The van der Waals surface area contributed by atoms with Crippen LogP contribution in [-0.4, -0.2) is 32.1 Å². The molecule has 1 atom stereocenters. The molecule has 0 saturated carbocycles. The number of hydrogen-bond acceptors (Lipinski definition) is 4. The van der Waals surface area contributed by atoms with Crippen LogP contribution in [0, 0.1) is 19.7 Å². The summed E-state index contributed by atoms with van der Waals surface area (Å²) in [5.74, 6) is -1.30. The monoisotopic (exact) mass is 588 g/mol. The molecule has 3 aromatic carbocycles. The van der Waals surface area contributed by atoms with E-state index in [4.69, 9.17) is 4.74 Å². The Kier molecular flexibility index (Phi) is 13.6. The maximum absolute atomic E-state index is 14.9. The molecule has 4 nitrogen and oxygen atoms in total. The molecule has 0 aliphatic carbocycles. The first-order valence-electron chi connectivity index (χ1n) is 16.4. The van der Waals surface area contributed by atoms with Crippen LogP contribution in [0.2, 0.25) is 0 Å². The van der Waals surface area contributed by atoms with Crippen LogP contribution in [-0.2, 0) is 9.53 Å². The minimum absolute atomic E-state index is 0.341. The van der Waals surface area contributed by atoms with Crippen LogP contribution in [0.25, 0.3) is 0 Å². The number of benzene rings is 3. The summed E-state index contributed by atoms with van der Waals surface area (Å²) < 4.78 is 21.1. The van der Waals surface area contributed by atoms with Crippen LogP contribution < -0.4 is 9.80 Å². The second-order valence-electron chi connectivity index (χ2n) is 11.7. The van der Waals surface area contributed by atoms with E-state index in [2.05, 4.69) is 87.7 Å². The summed E-state index contributed by atoms with van der Waals surface area (Å²) in [5.41, 5.74) is 6.75. The number of halogens is 1. The van der Waals surface area contributed by atoms with Crippen molar-refractivity contribution in [3.63, 3.8) is 0 Å². The Balaban J connectivity index is 2.10. The minimum Gasteiger partial charge on any atom is -0.457 e. The Morgan fingerprint density at radius 1 is 0.674 bits per heavy atom. The molecule has 5 heteroatoms. The van der Waals surface area contributed by atoms with E-state index in [0.29, 0.717) is 12.0 Å². The number of esters is 1. The number of ether oxygens (including phenoxy) is 1. The smallest absolute Gasteiger partial charge is 0.318 e. The summed E-state index contributed by atoms with van der Waals surface area (Å²) >= 11 is 0. The molecule has 0 saturated heterocycles. The van der Waals surface area contributed by atoms with Gasteiger partial charge in [0, 0.05) is 43.1 Å². The molecule has 234 valence electrons. The molecule has 0 heterocycles. The number of aryl methyl sites for hydroxylation is 2. The number of hydrogen-bond donors (Lipinski definition) is 0. The topological polar surface area (TPSA) is 32.8 Å². The second-order valence-corrected chi connectivity index (χ2v) is 11.7. The number of carbonyl (C=O) groups is 1. The number of carbonyl (C=O) groups excluding carboxylic acids is 1. The molecule has 0 N–H and O–H groups in total. The highest BCUT2D eigenvalue weighted by Gasteiger charge is 2.31. The summed E-state index contributed by atoms with van der Waals surface area (Å²) in [4.78, 5) is 19.1. The van der Waals surface area contributed by atoms with Gasteiger partial charge in [0.2, 0.25) is 0 Å². The molecule has 0 aliphatic heterocycles. The summed E-state index contributed by atoms with van der Waals surface area (Å²) in [6.45, 7) is 19.0. The molecule has 1 unspecified atom stereocenters. The van der Waals surface area contributed by atoms with E-state index >= 15 is 0 Å². The fourth-order valence-electron chi connectivity index (χ4n) is 6.09. The lowest BCUT2D eigenvalue weighted by Gasteiger charge is -2.28. The Morgan fingerprint density at radius 3 is 1.53 bits per heavy atom. The molecule has 0 fully saturated rings.